The van der Waals surface area contributed by atoms with Crippen LogP contribution in [0.3, 0.4) is 0 Å². The van der Waals surface area contributed by atoms with Crippen LogP contribution in [0.4, 0.5) is 0 Å². The maximum absolute atomic E-state index is 2.36. The molecule has 0 radical (unpaired) electrons. The van der Waals surface area contributed by atoms with E-state index in [1.807, 2.05) is 0 Å². The zero-order valence-electron chi connectivity index (χ0n) is 17.3. The third kappa shape index (κ3) is 4.89. The molecule has 142 valence electrons. The Balaban J connectivity index is 2.12. The standard InChI is InChI=1S/C28H30/c1-4-7-13-22-14-11-17-25(18-22)28-20-26(23(6-3)12-5-2)19-27(21-28)24-15-9-8-10-16-24/h5-6,8-12,14-21H,4,7,13H2,1-3H3. The molecule has 28 heavy (non-hydrogen) atoms. The molecule has 0 nitrogen and oxygen atoms in total. The summed E-state index contributed by atoms with van der Waals surface area (Å²) in [6.45, 7) is 6.43. The van der Waals surface area contributed by atoms with Gasteiger partial charge in [0, 0.05) is 0 Å². The third-order valence-electron chi connectivity index (χ3n) is 5.11. The van der Waals surface area contributed by atoms with Gasteiger partial charge in [-0.2, -0.15) is 0 Å². The minimum absolute atomic E-state index is 1.15. The number of aryl methyl sites for hydroxylation is 1. The van der Waals surface area contributed by atoms with Crippen molar-refractivity contribution in [1.29, 1.82) is 0 Å². The van der Waals surface area contributed by atoms with E-state index in [0.29, 0.717) is 0 Å². The highest BCUT2D eigenvalue weighted by Gasteiger charge is 2.08. The zero-order valence-corrected chi connectivity index (χ0v) is 17.3. The Morgan fingerprint density at radius 1 is 0.750 bits per heavy atom. The summed E-state index contributed by atoms with van der Waals surface area (Å²) in [7, 11) is 0. The van der Waals surface area contributed by atoms with Gasteiger partial charge in [-0.05, 0) is 83.8 Å². The lowest BCUT2D eigenvalue weighted by molar-refractivity contribution is 0.795. The van der Waals surface area contributed by atoms with Crippen molar-refractivity contribution in [3.63, 3.8) is 0 Å². The largest absolute Gasteiger partial charge is 0.0871 e. The average Bonchev–Trinajstić information content (AvgIpc) is 2.76. The van der Waals surface area contributed by atoms with E-state index in [1.54, 1.807) is 0 Å². The topological polar surface area (TPSA) is 0 Å². The third-order valence-corrected chi connectivity index (χ3v) is 5.11. The highest BCUT2D eigenvalue weighted by Crippen LogP contribution is 2.32. The molecule has 0 aromatic heterocycles. The van der Waals surface area contributed by atoms with Crippen molar-refractivity contribution < 1.29 is 0 Å². The molecule has 0 amide bonds. The molecule has 0 atom stereocenters. The van der Waals surface area contributed by atoms with Crippen LogP contribution in [0.2, 0.25) is 0 Å². The normalized spacial score (nSPS) is 11.9. The van der Waals surface area contributed by atoms with Crippen LogP contribution in [0.15, 0.2) is 91.0 Å². The van der Waals surface area contributed by atoms with E-state index >= 15 is 0 Å². The quantitative estimate of drug-likeness (QED) is 0.369. The SMILES string of the molecule is CC=CC(=CC)c1cc(-c2ccccc2)cc(-c2cccc(CCCC)c2)c1. The maximum atomic E-state index is 2.36. The highest BCUT2D eigenvalue weighted by atomic mass is 14.1. The molecule has 0 fully saturated rings. The summed E-state index contributed by atoms with van der Waals surface area (Å²) in [4.78, 5) is 0. The molecular weight excluding hydrogens is 336 g/mol. The molecule has 0 spiro atoms. The van der Waals surface area contributed by atoms with E-state index in [9.17, 15) is 0 Å². The minimum atomic E-state index is 1.15. The van der Waals surface area contributed by atoms with Gasteiger partial charge in [0.2, 0.25) is 0 Å². The predicted molar refractivity (Wildman–Crippen MR) is 124 cm³/mol. The second kappa shape index (κ2) is 9.90. The van der Waals surface area contributed by atoms with E-state index in [1.165, 1.54) is 51.8 Å². The highest BCUT2D eigenvalue weighted by molar-refractivity contribution is 5.83. The number of unbranched alkanes of at least 4 members (excludes halogenated alkanes) is 1. The Morgan fingerprint density at radius 3 is 2.14 bits per heavy atom. The van der Waals surface area contributed by atoms with Crippen molar-refractivity contribution in [2.24, 2.45) is 0 Å². The molecule has 0 N–H and O–H groups in total. The van der Waals surface area contributed by atoms with Gasteiger partial charge in [0.25, 0.3) is 0 Å². The summed E-state index contributed by atoms with van der Waals surface area (Å²) in [6, 6.07) is 26.6. The van der Waals surface area contributed by atoms with Crippen LogP contribution in [0, 0.1) is 0 Å². The van der Waals surface area contributed by atoms with Crippen LogP contribution < -0.4 is 0 Å². The van der Waals surface area contributed by atoms with E-state index in [-0.39, 0.29) is 0 Å². The minimum Gasteiger partial charge on any atom is -0.0871 e. The Morgan fingerprint density at radius 2 is 1.46 bits per heavy atom. The lowest BCUT2D eigenvalue weighted by atomic mass is 9.92. The summed E-state index contributed by atoms with van der Waals surface area (Å²) in [6.07, 6.45) is 10.1. The smallest absolute Gasteiger partial charge is 0.0172 e. The van der Waals surface area contributed by atoms with Gasteiger partial charge < -0.3 is 0 Å². The molecule has 3 aromatic carbocycles. The second-order valence-electron chi connectivity index (χ2n) is 7.21. The Labute approximate surface area is 170 Å². The van der Waals surface area contributed by atoms with Crippen molar-refractivity contribution >= 4 is 5.57 Å². The fourth-order valence-corrected chi connectivity index (χ4v) is 3.58. The molecule has 3 aromatic rings. The number of hydrogen-bond acceptors (Lipinski definition) is 0. The number of allylic oxidation sites excluding steroid dienone is 4. The molecule has 0 aliphatic heterocycles. The van der Waals surface area contributed by atoms with E-state index in [2.05, 4.69) is 112 Å². The van der Waals surface area contributed by atoms with Gasteiger partial charge in [0.15, 0.2) is 0 Å². The summed E-state index contributed by atoms with van der Waals surface area (Å²) < 4.78 is 0. The van der Waals surface area contributed by atoms with E-state index < -0.39 is 0 Å². The van der Waals surface area contributed by atoms with Gasteiger partial charge >= 0.3 is 0 Å². The molecule has 0 bridgehead atoms. The van der Waals surface area contributed by atoms with Crippen LogP contribution >= 0.6 is 0 Å². The van der Waals surface area contributed by atoms with E-state index in [0.717, 1.165) is 6.42 Å². The molecule has 0 heterocycles. The fraction of sp³-hybridized carbons (Fsp3) is 0.214. The average molecular weight is 367 g/mol. The molecule has 0 aliphatic carbocycles. The number of benzene rings is 3. The van der Waals surface area contributed by atoms with Gasteiger partial charge in [-0.15, -0.1) is 0 Å². The van der Waals surface area contributed by atoms with Crippen molar-refractivity contribution in [2.75, 3.05) is 0 Å². The summed E-state index contributed by atoms with van der Waals surface area (Å²) >= 11 is 0. The zero-order chi connectivity index (χ0) is 19.8. The molecule has 3 rings (SSSR count). The number of hydrogen-bond donors (Lipinski definition) is 0. The lowest BCUT2D eigenvalue weighted by Crippen LogP contribution is -1.90. The maximum Gasteiger partial charge on any atom is -0.0172 e. The monoisotopic (exact) mass is 366 g/mol. The fourth-order valence-electron chi connectivity index (χ4n) is 3.58. The van der Waals surface area contributed by atoms with Crippen LogP contribution in [0.5, 0.6) is 0 Å². The number of rotatable bonds is 7. The molecule has 0 heteroatoms. The van der Waals surface area contributed by atoms with Gasteiger partial charge in [-0.3, -0.25) is 0 Å². The predicted octanol–water partition coefficient (Wildman–Crippen LogP) is 8.34. The first-order valence-electron chi connectivity index (χ1n) is 10.3. The molecule has 0 unspecified atom stereocenters. The van der Waals surface area contributed by atoms with E-state index in [4.69, 9.17) is 0 Å². The molecule has 0 saturated heterocycles. The van der Waals surface area contributed by atoms with Gasteiger partial charge in [0.05, 0.1) is 0 Å². The first kappa shape index (κ1) is 19.9. The Bertz CT molecular complexity index is 958. The van der Waals surface area contributed by atoms with Crippen LogP contribution in [0.25, 0.3) is 27.8 Å². The van der Waals surface area contributed by atoms with Crippen LogP contribution in [-0.4, -0.2) is 0 Å². The molecular formula is C28H30. The Kier molecular flexibility index (Phi) is 7.03. The first-order chi connectivity index (χ1) is 13.7. The van der Waals surface area contributed by atoms with Gasteiger partial charge in [0.1, 0.15) is 0 Å². The molecule has 0 aliphatic rings. The Hall–Kier alpha value is -2.86. The van der Waals surface area contributed by atoms with Crippen molar-refractivity contribution in [3.05, 3.63) is 102 Å². The van der Waals surface area contributed by atoms with Crippen molar-refractivity contribution in [2.45, 2.75) is 40.0 Å². The van der Waals surface area contributed by atoms with Crippen LogP contribution in [-0.2, 0) is 6.42 Å². The molecule has 0 saturated carbocycles. The van der Waals surface area contributed by atoms with Gasteiger partial charge in [-0.1, -0.05) is 86.2 Å². The summed E-state index contributed by atoms with van der Waals surface area (Å²) in [5.41, 5.74) is 9.02. The summed E-state index contributed by atoms with van der Waals surface area (Å²) in [5, 5.41) is 0. The van der Waals surface area contributed by atoms with Crippen molar-refractivity contribution in [3.8, 4) is 22.3 Å². The first-order valence-corrected chi connectivity index (χ1v) is 10.3. The van der Waals surface area contributed by atoms with Crippen molar-refractivity contribution in [1.82, 2.24) is 0 Å². The van der Waals surface area contributed by atoms with Gasteiger partial charge in [-0.25, -0.2) is 0 Å². The lowest BCUT2D eigenvalue weighted by Gasteiger charge is -2.12. The second-order valence-corrected chi connectivity index (χ2v) is 7.21. The summed E-state index contributed by atoms with van der Waals surface area (Å²) in [5.74, 6) is 0. The van der Waals surface area contributed by atoms with Crippen LogP contribution in [0.1, 0.15) is 44.7 Å².